The Morgan fingerprint density at radius 3 is 1.40 bits per heavy atom. The second-order valence-corrected chi connectivity index (χ2v) is 8.03. The van der Waals surface area contributed by atoms with Gasteiger partial charge in [-0.3, -0.25) is 4.79 Å². The predicted octanol–water partition coefficient (Wildman–Crippen LogP) is 5.16. The Morgan fingerprint density at radius 1 is 0.680 bits per heavy atom. The first-order valence-electron chi connectivity index (χ1n) is 10.4. The average Bonchev–Trinajstić information content (AvgIpc) is 2.50. The van der Waals surface area contributed by atoms with E-state index in [0.717, 1.165) is 38.5 Å². The molecule has 0 aliphatic rings. The molecule has 3 unspecified atom stereocenters. The van der Waals surface area contributed by atoms with E-state index in [2.05, 4.69) is 0 Å². The van der Waals surface area contributed by atoms with Crippen molar-refractivity contribution in [1.29, 1.82) is 0 Å². The van der Waals surface area contributed by atoms with Crippen LogP contribution in [0.4, 0.5) is 0 Å². The number of aliphatic carboxylic acids is 1. The third kappa shape index (κ3) is 16.6. The van der Waals surface area contributed by atoms with Crippen LogP contribution >= 0.6 is 0 Å². The maximum atomic E-state index is 10.7. The van der Waals surface area contributed by atoms with E-state index in [1.807, 2.05) is 13.8 Å². The smallest absolute Gasteiger partial charge is 0.306 e. The number of aliphatic hydroxyl groups excluding tert-OH is 2. The van der Waals surface area contributed by atoms with Crippen LogP contribution < -0.4 is 0 Å². The molecule has 0 bridgehead atoms. The lowest BCUT2D eigenvalue weighted by Crippen LogP contribution is -2.15. The van der Waals surface area contributed by atoms with Gasteiger partial charge in [0.15, 0.2) is 0 Å². The van der Waals surface area contributed by atoms with Crippen molar-refractivity contribution in [3.05, 3.63) is 0 Å². The fourth-order valence-corrected chi connectivity index (χ4v) is 3.54. The maximum Gasteiger partial charge on any atom is 0.306 e. The Kier molecular flexibility index (Phi) is 15.2. The summed E-state index contributed by atoms with van der Waals surface area (Å²) >= 11 is 0. The molecule has 4 heteroatoms. The molecule has 3 atom stereocenters. The topological polar surface area (TPSA) is 77.8 Å². The molecule has 150 valence electrons. The summed E-state index contributed by atoms with van der Waals surface area (Å²) in [5.41, 5.74) is 0. The molecule has 0 aliphatic carbocycles. The molecule has 0 fully saturated rings. The summed E-state index contributed by atoms with van der Waals surface area (Å²) in [6, 6.07) is 0. The van der Waals surface area contributed by atoms with Crippen molar-refractivity contribution >= 4 is 5.97 Å². The number of hydrogen-bond donors (Lipinski definition) is 3. The number of carboxylic acid groups (broad SMARTS) is 1. The molecule has 0 saturated carbocycles. The third-order valence-corrected chi connectivity index (χ3v) is 5.02. The number of aliphatic hydroxyl groups is 2. The number of hydrogen-bond acceptors (Lipinski definition) is 3. The fourth-order valence-electron chi connectivity index (χ4n) is 3.54. The van der Waals surface area contributed by atoms with E-state index in [4.69, 9.17) is 5.11 Å². The quantitative estimate of drug-likeness (QED) is 0.314. The second-order valence-electron chi connectivity index (χ2n) is 8.03. The van der Waals surface area contributed by atoms with Crippen molar-refractivity contribution in [2.75, 3.05) is 0 Å². The van der Waals surface area contributed by atoms with Crippen LogP contribution in [-0.4, -0.2) is 33.5 Å². The van der Waals surface area contributed by atoms with Gasteiger partial charge in [0.25, 0.3) is 0 Å². The molecule has 0 rings (SSSR count). The second kappa shape index (κ2) is 15.6. The summed E-state index contributed by atoms with van der Waals surface area (Å²) in [4.78, 5) is 10.7. The molecule has 0 aliphatic heterocycles. The Labute approximate surface area is 155 Å². The molecule has 0 saturated heterocycles. The number of carboxylic acids is 1. The molecule has 0 spiro atoms. The molecule has 3 N–H and O–H groups in total. The van der Waals surface area contributed by atoms with Crippen LogP contribution in [0.1, 0.15) is 104 Å². The molecular formula is C21H42O4. The van der Waals surface area contributed by atoms with Crippen LogP contribution in [0.3, 0.4) is 0 Å². The monoisotopic (exact) mass is 358 g/mol. The first-order chi connectivity index (χ1) is 11.8. The highest BCUT2D eigenvalue weighted by Gasteiger charge is 2.14. The average molecular weight is 359 g/mol. The lowest BCUT2D eigenvalue weighted by atomic mass is 9.90. The van der Waals surface area contributed by atoms with Gasteiger partial charge in [0, 0.05) is 0 Å². The van der Waals surface area contributed by atoms with E-state index in [0.29, 0.717) is 5.92 Å². The largest absolute Gasteiger partial charge is 0.481 e. The van der Waals surface area contributed by atoms with Crippen LogP contribution in [0, 0.1) is 11.8 Å². The van der Waals surface area contributed by atoms with Gasteiger partial charge in [-0.25, -0.2) is 0 Å². The standard InChI is InChI=1S/C21H42O4/c1-17(21(24)25)13-11-9-7-5-4-6-8-10-12-14-20(15-18(2)22)16-19(3)23/h17-20,22-23H,4-16H2,1-3H3,(H,24,25). The van der Waals surface area contributed by atoms with Gasteiger partial charge in [0.1, 0.15) is 0 Å². The molecule has 0 aromatic heterocycles. The molecule has 25 heavy (non-hydrogen) atoms. The maximum absolute atomic E-state index is 10.7. The van der Waals surface area contributed by atoms with E-state index in [1.54, 1.807) is 6.92 Å². The summed E-state index contributed by atoms with van der Waals surface area (Å²) in [7, 11) is 0. The highest BCUT2D eigenvalue weighted by atomic mass is 16.4. The third-order valence-electron chi connectivity index (χ3n) is 5.02. The minimum atomic E-state index is -0.677. The van der Waals surface area contributed by atoms with Crippen molar-refractivity contribution in [2.45, 2.75) is 116 Å². The zero-order chi connectivity index (χ0) is 19.1. The Hall–Kier alpha value is -0.610. The minimum Gasteiger partial charge on any atom is -0.481 e. The van der Waals surface area contributed by atoms with E-state index in [1.165, 1.54) is 44.9 Å². The number of carbonyl (C=O) groups is 1. The van der Waals surface area contributed by atoms with Gasteiger partial charge in [-0.1, -0.05) is 71.1 Å². The highest BCUT2D eigenvalue weighted by molar-refractivity contribution is 5.69. The van der Waals surface area contributed by atoms with Gasteiger partial charge in [0.2, 0.25) is 0 Å². The lowest BCUT2D eigenvalue weighted by molar-refractivity contribution is -0.141. The molecule has 0 heterocycles. The Bertz CT molecular complexity index is 305. The van der Waals surface area contributed by atoms with Crippen LogP contribution in [0.15, 0.2) is 0 Å². The molecule has 0 radical (unpaired) electrons. The van der Waals surface area contributed by atoms with Crippen molar-refractivity contribution in [3.8, 4) is 0 Å². The van der Waals surface area contributed by atoms with Crippen LogP contribution in [0.5, 0.6) is 0 Å². The molecule has 4 nitrogen and oxygen atoms in total. The SMILES string of the molecule is CC(O)CC(CCCCCCCCCCCC(C)C(=O)O)CC(C)O. The van der Waals surface area contributed by atoms with Crippen molar-refractivity contribution < 1.29 is 20.1 Å². The summed E-state index contributed by atoms with van der Waals surface area (Å²) in [5.74, 6) is -0.441. The van der Waals surface area contributed by atoms with E-state index in [-0.39, 0.29) is 18.1 Å². The zero-order valence-corrected chi connectivity index (χ0v) is 16.8. The number of unbranched alkanes of at least 4 members (excludes halogenated alkanes) is 8. The number of rotatable bonds is 17. The van der Waals surface area contributed by atoms with Gasteiger partial charge >= 0.3 is 5.97 Å². The summed E-state index contributed by atoms with van der Waals surface area (Å²) in [5, 5.41) is 27.9. The molecule has 0 aromatic rings. The van der Waals surface area contributed by atoms with E-state index >= 15 is 0 Å². The first kappa shape index (κ1) is 24.4. The van der Waals surface area contributed by atoms with Crippen molar-refractivity contribution in [3.63, 3.8) is 0 Å². The van der Waals surface area contributed by atoms with E-state index < -0.39 is 5.97 Å². The zero-order valence-electron chi connectivity index (χ0n) is 16.8. The first-order valence-corrected chi connectivity index (χ1v) is 10.4. The van der Waals surface area contributed by atoms with Crippen molar-refractivity contribution in [1.82, 2.24) is 0 Å². The molecule has 0 amide bonds. The van der Waals surface area contributed by atoms with E-state index in [9.17, 15) is 15.0 Å². The highest BCUT2D eigenvalue weighted by Crippen LogP contribution is 2.22. The summed E-state index contributed by atoms with van der Waals surface area (Å²) < 4.78 is 0. The van der Waals surface area contributed by atoms with Crippen LogP contribution in [0.2, 0.25) is 0 Å². The van der Waals surface area contributed by atoms with Crippen LogP contribution in [-0.2, 0) is 4.79 Å². The summed E-state index contributed by atoms with van der Waals surface area (Å²) in [6.07, 6.45) is 13.9. The normalized spacial score (nSPS) is 16.4. The lowest BCUT2D eigenvalue weighted by Gasteiger charge is -2.19. The minimum absolute atomic E-state index is 0.202. The predicted molar refractivity (Wildman–Crippen MR) is 104 cm³/mol. The fraction of sp³-hybridized carbons (Fsp3) is 0.952. The van der Waals surface area contributed by atoms with Crippen molar-refractivity contribution in [2.24, 2.45) is 11.8 Å². The van der Waals surface area contributed by atoms with Gasteiger partial charge < -0.3 is 15.3 Å². The van der Waals surface area contributed by atoms with Gasteiger partial charge in [-0.2, -0.15) is 0 Å². The van der Waals surface area contributed by atoms with Gasteiger partial charge in [-0.05, 0) is 39.0 Å². The van der Waals surface area contributed by atoms with Gasteiger partial charge in [0.05, 0.1) is 18.1 Å². The summed E-state index contributed by atoms with van der Waals surface area (Å²) in [6.45, 7) is 5.45. The van der Waals surface area contributed by atoms with Gasteiger partial charge in [-0.15, -0.1) is 0 Å². The molecular weight excluding hydrogens is 316 g/mol. The Balaban J connectivity index is 3.46. The Morgan fingerprint density at radius 2 is 1.04 bits per heavy atom. The van der Waals surface area contributed by atoms with Crippen LogP contribution in [0.25, 0.3) is 0 Å². The molecule has 0 aromatic carbocycles.